The van der Waals surface area contributed by atoms with E-state index in [9.17, 15) is 0 Å². The lowest BCUT2D eigenvalue weighted by Crippen LogP contribution is -2.34. The van der Waals surface area contributed by atoms with Gasteiger partial charge in [-0.1, -0.05) is 13.8 Å². The first-order chi connectivity index (χ1) is 4.74. The Kier molecular flexibility index (Phi) is 5.18. The van der Waals surface area contributed by atoms with Gasteiger partial charge in [0.1, 0.15) is 0 Å². The van der Waals surface area contributed by atoms with Crippen molar-refractivity contribution < 1.29 is 0 Å². The largest absolute Gasteiger partial charge is 0.318 e. The molecule has 0 bridgehead atoms. The van der Waals surface area contributed by atoms with Gasteiger partial charge >= 0.3 is 0 Å². The SMILES string of the molecule is CCC(CC)(CNC)SC. The molecule has 0 saturated carbocycles. The van der Waals surface area contributed by atoms with E-state index in [1.165, 1.54) is 12.8 Å². The molecule has 1 N–H and O–H groups in total. The molecule has 1 nitrogen and oxygen atoms in total. The first-order valence-corrected chi connectivity index (χ1v) is 5.17. The Bertz CT molecular complexity index is 71.1. The van der Waals surface area contributed by atoms with Crippen LogP contribution in [0, 0.1) is 0 Å². The van der Waals surface area contributed by atoms with E-state index >= 15 is 0 Å². The van der Waals surface area contributed by atoms with Crippen LogP contribution in [-0.2, 0) is 0 Å². The molecule has 2 heteroatoms. The van der Waals surface area contributed by atoms with Gasteiger partial charge in [-0.2, -0.15) is 11.8 Å². The fraction of sp³-hybridized carbons (Fsp3) is 1.00. The third-order valence-electron chi connectivity index (χ3n) is 2.22. The van der Waals surface area contributed by atoms with Crippen LogP contribution in [0.2, 0.25) is 0 Å². The first kappa shape index (κ1) is 10.3. The fourth-order valence-corrected chi connectivity index (χ4v) is 2.05. The number of hydrogen-bond donors (Lipinski definition) is 1. The minimum atomic E-state index is 0.481. The van der Waals surface area contributed by atoms with Crippen molar-refractivity contribution in [3.8, 4) is 0 Å². The van der Waals surface area contributed by atoms with E-state index in [0.29, 0.717) is 4.75 Å². The standard InChI is InChI=1S/C8H19NS/c1-5-8(6-2,10-4)7-9-3/h9H,5-7H2,1-4H3. The van der Waals surface area contributed by atoms with Gasteiger partial charge in [-0.05, 0) is 26.1 Å². The van der Waals surface area contributed by atoms with Crippen LogP contribution in [0.5, 0.6) is 0 Å². The zero-order chi connectivity index (χ0) is 8.04. The summed E-state index contributed by atoms with van der Waals surface area (Å²) in [4.78, 5) is 0. The molecule has 0 atom stereocenters. The van der Waals surface area contributed by atoms with Crippen molar-refractivity contribution in [1.29, 1.82) is 0 Å². The summed E-state index contributed by atoms with van der Waals surface area (Å²) in [5.74, 6) is 0. The van der Waals surface area contributed by atoms with E-state index in [0.717, 1.165) is 6.54 Å². The second-order valence-corrected chi connectivity index (χ2v) is 3.90. The maximum Gasteiger partial charge on any atom is 0.0276 e. The lowest BCUT2D eigenvalue weighted by atomic mass is 10.0. The van der Waals surface area contributed by atoms with Gasteiger partial charge in [-0.25, -0.2) is 0 Å². The molecule has 0 aromatic carbocycles. The summed E-state index contributed by atoms with van der Waals surface area (Å²) < 4.78 is 0.481. The summed E-state index contributed by atoms with van der Waals surface area (Å²) >= 11 is 1.98. The highest BCUT2D eigenvalue weighted by atomic mass is 32.2. The molecule has 0 heterocycles. The molecule has 0 unspecified atom stereocenters. The second-order valence-electron chi connectivity index (χ2n) is 2.62. The average Bonchev–Trinajstić information content (AvgIpc) is 2.01. The van der Waals surface area contributed by atoms with Gasteiger partial charge in [0, 0.05) is 11.3 Å². The summed E-state index contributed by atoms with van der Waals surface area (Å²) in [5.41, 5.74) is 0. The van der Waals surface area contributed by atoms with E-state index in [4.69, 9.17) is 0 Å². The van der Waals surface area contributed by atoms with Crippen molar-refractivity contribution in [2.24, 2.45) is 0 Å². The lowest BCUT2D eigenvalue weighted by Gasteiger charge is -2.29. The maximum absolute atomic E-state index is 3.24. The molecule has 62 valence electrons. The number of hydrogen-bond acceptors (Lipinski definition) is 2. The lowest BCUT2D eigenvalue weighted by molar-refractivity contribution is 0.519. The van der Waals surface area contributed by atoms with Crippen molar-refractivity contribution in [2.45, 2.75) is 31.4 Å². The van der Waals surface area contributed by atoms with Crippen LogP contribution in [0.3, 0.4) is 0 Å². The van der Waals surface area contributed by atoms with Crippen molar-refractivity contribution >= 4 is 11.8 Å². The maximum atomic E-state index is 3.24. The molecule has 0 rings (SSSR count). The Labute approximate surface area is 69.0 Å². The predicted octanol–water partition coefficient (Wildman–Crippen LogP) is 2.13. The van der Waals surface area contributed by atoms with E-state index in [1.807, 2.05) is 18.8 Å². The van der Waals surface area contributed by atoms with Crippen molar-refractivity contribution in [1.82, 2.24) is 5.32 Å². The van der Waals surface area contributed by atoms with Gasteiger partial charge in [0.25, 0.3) is 0 Å². The molecule has 0 aliphatic rings. The van der Waals surface area contributed by atoms with Gasteiger partial charge in [-0.15, -0.1) is 0 Å². The summed E-state index contributed by atoms with van der Waals surface area (Å²) in [6, 6.07) is 0. The van der Waals surface area contributed by atoms with E-state index in [1.54, 1.807) is 0 Å². The van der Waals surface area contributed by atoms with Gasteiger partial charge in [-0.3, -0.25) is 0 Å². The molecular weight excluding hydrogens is 142 g/mol. The highest BCUT2D eigenvalue weighted by Crippen LogP contribution is 2.29. The Balaban J connectivity index is 3.87. The molecule has 0 fully saturated rings. The molecule has 10 heavy (non-hydrogen) atoms. The van der Waals surface area contributed by atoms with Gasteiger partial charge < -0.3 is 5.32 Å². The molecule has 0 amide bonds. The predicted molar refractivity (Wildman–Crippen MR) is 50.8 cm³/mol. The third-order valence-corrected chi connectivity index (χ3v) is 3.81. The van der Waals surface area contributed by atoms with Crippen molar-refractivity contribution in [2.75, 3.05) is 19.8 Å². The number of thioether (sulfide) groups is 1. The number of rotatable bonds is 5. The van der Waals surface area contributed by atoms with Crippen LogP contribution in [0.25, 0.3) is 0 Å². The quantitative estimate of drug-likeness (QED) is 0.663. The van der Waals surface area contributed by atoms with Crippen LogP contribution in [0.15, 0.2) is 0 Å². The zero-order valence-corrected chi connectivity index (χ0v) is 8.35. The second kappa shape index (κ2) is 5.03. The monoisotopic (exact) mass is 161 g/mol. The highest BCUT2D eigenvalue weighted by molar-refractivity contribution is 8.00. The summed E-state index contributed by atoms with van der Waals surface area (Å²) in [5, 5.41) is 3.24. The van der Waals surface area contributed by atoms with Crippen LogP contribution in [0.1, 0.15) is 26.7 Å². The van der Waals surface area contributed by atoms with E-state index in [2.05, 4.69) is 25.4 Å². The van der Waals surface area contributed by atoms with Gasteiger partial charge in [0.15, 0.2) is 0 Å². The molecule has 0 aromatic rings. The van der Waals surface area contributed by atoms with Crippen LogP contribution in [-0.4, -0.2) is 24.6 Å². The molecule has 0 saturated heterocycles. The first-order valence-electron chi connectivity index (χ1n) is 3.94. The highest BCUT2D eigenvalue weighted by Gasteiger charge is 2.22. The minimum Gasteiger partial charge on any atom is -0.318 e. The van der Waals surface area contributed by atoms with Crippen molar-refractivity contribution in [3.05, 3.63) is 0 Å². The molecule has 0 aromatic heterocycles. The fourth-order valence-electron chi connectivity index (χ4n) is 1.18. The summed E-state index contributed by atoms with van der Waals surface area (Å²) in [7, 11) is 2.02. The Morgan fingerprint density at radius 1 is 1.30 bits per heavy atom. The number of nitrogens with one attached hydrogen (secondary N) is 1. The molecular formula is C8H19NS. The third kappa shape index (κ3) is 2.51. The minimum absolute atomic E-state index is 0.481. The smallest absolute Gasteiger partial charge is 0.0276 e. The topological polar surface area (TPSA) is 12.0 Å². The van der Waals surface area contributed by atoms with Crippen LogP contribution < -0.4 is 5.32 Å². The molecule has 0 aliphatic carbocycles. The summed E-state index contributed by atoms with van der Waals surface area (Å²) in [6.45, 7) is 5.65. The van der Waals surface area contributed by atoms with E-state index < -0.39 is 0 Å². The molecule has 0 radical (unpaired) electrons. The Morgan fingerprint density at radius 3 is 1.90 bits per heavy atom. The van der Waals surface area contributed by atoms with Crippen LogP contribution >= 0.6 is 11.8 Å². The van der Waals surface area contributed by atoms with Gasteiger partial charge in [0.05, 0.1) is 0 Å². The normalized spacial score (nSPS) is 12.0. The molecule has 0 aliphatic heterocycles. The van der Waals surface area contributed by atoms with E-state index in [-0.39, 0.29) is 0 Å². The Morgan fingerprint density at radius 2 is 1.80 bits per heavy atom. The van der Waals surface area contributed by atoms with Crippen LogP contribution in [0.4, 0.5) is 0 Å². The average molecular weight is 161 g/mol. The zero-order valence-electron chi connectivity index (χ0n) is 7.53. The molecule has 0 spiro atoms. The van der Waals surface area contributed by atoms with Gasteiger partial charge in [0.2, 0.25) is 0 Å². The Hall–Kier alpha value is 0.310. The van der Waals surface area contributed by atoms with Crippen molar-refractivity contribution in [3.63, 3.8) is 0 Å². The summed E-state index contributed by atoms with van der Waals surface area (Å²) in [6.07, 6.45) is 4.71.